The lowest BCUT2D eigenvalue weighted by Crippen LogP contribution is -2.20. The summed E-state index contributed by atoms with van der Waals surface area (Å²) < 4.78 is 4.69. The monoisotopic (exact) mass is 235 g/mol. The molecule has 94 valence electrons. The standard InChI is InChI=1S/C14H21NO2/c1-10(2)11-5-7-12(8-6-11)13(15-3)9-14(16)17-4/h5-8,10,13,15H,9H2,1-4H3. The molecule has 0 aromatic heterocycles. The fourth-order valence-electron chi connectivity index (χ4n) is 1.75. The van der Waals surface area contributed by atoms with Crippen LogP contribution in [0.2, 0.25) is 0 Å². The Morgan fingerprint density at radius 1 is 1.24 bits per heavy atom. The van der Waals surface area contributed by atoms with Crippen molar-refractivity contribution in [2.24, 2.45) is 0 Å². The molecule has 0 bridgehead atoms. The second kappa shape index (κ2) is 6.40. The van der Waals surface area contributed by atoms with E-state index in [9.17, 15) is 4.79 Å². The van der Waals surface area contributed by atoms with Crippen LogP contribution in [0.3, 0.4) is 0 Å². The van der Waals surface area contributed by atoms with E-state index >= 15 is 0 Å². The van der Waals surface area contributed by atoms with Gasteiger partial charge in [0.1, 0.15) is 0 Å². The molecule has 1 atom stereocenters. The van der Waals surface area contributed by atoms with Gasteiger partial charge in [0.15, 0.2) is 0 Å². The number of esters is 1. The van der Waals surface area contributed by atoms with Crippen molar-refractivity contribution in [1.29, 1.82) is 0 Å². The van der Waals surface area contributed by atoms with Gasteiger partial charge < -0.3 is 10.1 Å². The molecule has 0 aliphatic heterocycles. The van der Waals surface area contributed by atoms with Gasteiger partial charge in [-0.1, -0.05) is 38.1 Å². The number of rotatable bonds is 5. The highest BCUT2D eigenvalue weighted by Crippen LogP contribution is 2.20. The van der Waals surface area contributed by atoms with Gasteiger partial charge in [0, 0.05) is 6.04 Å². The van der Waals surface area contributed by atoms with Gasteiger partial charge in [0.05, 0.1) is 13.5 Å². The minimum absolute atomic E-state index is 0.0173. The fourth-order valence-corrected chi connectivity index (χ4v) is 1.75. The van der Waals surface area contributed by atoms with Gasteiger partial charge in [0.25, 0.3) is 0 Å². The van der Waals surface area contributed by atoms with Crippen LogP contribution in [0.1, 0.15) is 43.4 Å². The Kier molecular flexibility index (Phi) is 5.16. The third kappa shape index (κ3) is 3.86. The summed E-state index contributed by atoms with van der Waals surface area (Å²) in [6.45, 7) is 4.33. The third-order valence-electron chi connectivity index (χ3n) is 2.95. The van der Waals surface area contributed by atoms with Crippen LogP contribution in [0.15, 0.2) is 24.3 Å². The van der Waals surface area contributed by atoms with Crippen LogP contribution in [0, 0.1) is 0 Å². The van der Waals surface area contributed by atoms with Crippen molar-refractivity contribution in [3.8, 4) is 0 Å². The minimum atomic E-state index is -0.197. The second-order valence-electron chi connectivity index (χ2n) is 4.44. The second-order valence-corrected chi connectivity index (χ2v) is 4.44. The summed E-state index contributed by atoms with van der Waals surface area (Å²) in [5.41, 5.74) is 2.42. The number of carbonyl (C=O) groups is 1. The molecule has 3 nitrogen and oxygen atoms in total. The molecule has 0 saturated heterocycles. The molecule has 0 saturated carbocycles. The van der Waals surface area contributed by atoms with E-state index in [1.807, 2.05) is 7.05 Å². The minimum Gasteiger partial charge on any atom is -0.469 e. The zero-order chi connectivity index (χ0) is 12.8. The zero-order valence-electron chi connectivity index (χ0n) is 11.0. The molecule has 17 heavy (non-hydrogen) atoms. The number of hydrogen-bond acceptors (Lipinski definition) is 3. The van der Waals surface area contributed by atoms with Gasteiger partial charge in [-0.15, -0.1) is 0 Å². The Balaban J connectivity index is 2.78. The Labute approximate surface area is 103 Å². The molecule has 1 aromatic rings. The lowest BCUT2D eigenvalue weighted by molar-refractivity contribution is -0.141. The Morgan fingerprint density at radius 2 is 1.76 bits per heavy atom. The summed E-state index contributed by atoms with van der Waals surface area (Å²) in [5.74, 6) is 0.329. The number of carbonyl (C=O) groups excluding carboxylic acids is 1. The Hall–Kier alpha value is -1.35. The molecule has 3 heteroatoms. The normalized spacial score (nSPS) is 12.5. The summed E-state index contributed by atoms with van der Waals surface area (Å²) >= 11 is 0. The van der Waals surface area contributed by atoms with E-state index in [2.05, 4.69) is 48.2 Å². The zero-order valence-corrected chi connectivity index (χ0v) is 11.0. The molecule has 0 heterocycles. The van der Waals surface area contributed by atoms with Crippen molar-refractivity contribution in [2.75, 3.05) is 14.2 Å². The van der Waals surface area contributed by atoms with Gasteiger partial charge in [-0.3, -0.25) is 4.79 Å². The number of hydrogen-bond donors (Lipinski definition) is 1. The average molecular weight is 235 g/mol. The molecule has 0 fully saturated rings. The van der Waals surface area contributed by atoms with Crippen molar-refractivity contribution in [2.45, 2.75) is 32.2 Å². The van der Waals surface area contributed by atoms with E-state index in [-0.39, 0.29) is 12.0 Å². The Morgan fingerprint density at radius 3 is 2.18 bits per heavy atom. The van der Waals surface area contributed by atoms with Gasteiger partial charge in [-0.25, -0.2) is 0 Å². The fraction of sp³-hybridized carbons (Fsp3) is 0.500. The highest BCUT2D eigenvalue weighted by molar-refractivity contribution is 5.70. The van der Waals surface area contributed by atoms with Crippen molar-refractivity contribution in [3.63, 3.8) is 0 Å². The number of methoxy groups -OCH3 is 1. The quantitative estimate of drug-likeness (QED) is 0.797. The highest BCUT2D eigenvalue weighted by atomic mass is 16.5. The van der Waals surface area contributed by atoms with Gasteiger partial charge >= 0.3 is 5.97 Å². The number of benzene rings is 1. The molecule has 1 unspecified atom stereocenters. The first-order valence-corrected chi connectivity index (χ1v) is 5.92. The molecular weight excluding hydrogens is 214 g/mol. The van der Waals surface area contributed by atoms with Gasteiger partial charge in [-0.2, -0.15) is 0 Å². The highest BCUT2D eigenvalue weighted by Gasteiger charge is 2.14. The smallest absolute Gasteiger partial charge is 0.307 e. The first-order chi connectivity index (χ1) is 8.08. The molecule has 1 aromatic carbocycles. The molecule has 0 aliphatic rings. The molecule has 1 N–H and O–H groups in total. The number of ether oxygens (including phenoxy) is 1. The van der Waals surface area contributed by atoms with E-state index in [1.54, 1.807) is 0 Å². The van der Waals surface area contributed by atoms with Crippen LogP contribution in [0.4, 0.5) is 0 Å². The van der Waals surface area contributed by atoms with Crippen LogP contribution >= 0.6 is 0 Å². The van der Waals surface area contributed by atoms with Crippen molar-refractivity contribution in [1.82, 2.24) is 5.32 Å². The van der Waals surface area contributed by atoms with E-state index < -0.39 is 0 Å². The van der Waals surface area contributed by atoms with E-state index in [0.717, 1.165) is 5.56 Å². The molecule has 0 amide bonds. The molecule has 0 aliphatic carbocycles. The SMILES string of the molecule is CNC(CC(=O)OC)c1ccc(C(C)C)cc1. The first-order valence-electron chi connectivity index (χ1n) is 5.92. The maximum absolute atomic E-state index is 11.3. The van der Waals surface area contributed by atoms with E-state index in [4.69, 9.17) is 0 Å². The summed E-state index contributed by atoms with van der Waals surface area (Å²) in [5, 5.41) is 3.13. The molecular formula is C14H21NO2. The number of nitrogens with one attached hydrogen (secondary N) is 1. The van der Waals surface area contributed by atoms with E-state index in [1.165, 1.54) is 12.7 Å². The summed E-state index contributed by atoms with van der Waals surface area (Å²) in [7, 11) is 3.26. The van der Waals surface area contributed by atoms with Gasteiger partial charge in [-0.05, 0) is 24.1 Å². The molecule has 1 rings (SSSR count). The molecule has 0 radical (unpaired) electrons. The van der Waals surface area contributed by atoms with E-state index in [0.29, 0.717) is 12.3 Å². The van der Waals surface area contributed by atoms with Crippen LogP contribution in [0.5, 0.6) is 0 Å². The predicted molar refractivity (Wildman–Crippen MR) is 69.0 cm³/mol. The van der Waals surface area contributed by atoms with Crippen molar-refractivity contribution in [3.05, 3.63) is 35.4 Å². The molecule has 0 spiro atoms. The largest absolute Gasteiger partial charge is 0.469 e. The average Bonchev–Trinajstić information content (AvgIpc) is 2.35. The van der Waals surface area contributed by atoms with Crippen molar-refractivity contribution >= 4 is 5.97 Å². The first kappa shape index (κ1) is 13.7. The topological polar surface area (TPSA) is 38.3 Å². The third-order valence-corrected chi connectivity index (χ3v) is 2.95. The summed E-state index contributed by atoms with van der Waals surface area (Å²) in [6, 6.07) is 8.38. The van der Waals surface area contributed by atoms with Crippen LogP contribution in [0.25, 0.3) is 0 Å². The summed E-state index contributed by atoms with van der Waals surface area (Å²) in [6.07, 6.45) is 0.355. The van der Waals surface area contributed by atoms with Crippen molar-refractivity contribution < 1.29 is 9.53 Å². The maximum atomic E-state index is 11.3. The predicted octanol–water partition coefficient (Wildman–Crippen LogP) is 2.63. The van der Waals surface area contributed by atoms with Gasteiger partial charge in [0.2, 0.25) is 0 Å². The van der Waals surface area contributed by atoms with Crippen LogP contribution in [-0.2, 0) is 9.53 Å². The summed E-state index contributed by atoms with van der Waals surface area (Å²) in [4.78, 5) is 11.3. The lowest BCUT2D eigenvalue weighted by Gasteiger charge is -2.16. The maximum Gasteiger partial charge on any atom is 0.307 e. The Bertz CT molecular complexity index is 357. The van der Waals surface area contributed by atoms with Crippen LogP contribution < -0.4 is 5.32 Å². The van der Waals surface area contributed by atoms with Crippen LogP contribution in [-0.4, -0.2) is 20.1 Å². The lowest BCUT2D eigenvalue weighted by atomic mass is 9.98.